The number of nitrogens with zero attached hydrogens (tertiary/aromatic N) is 2. The minimum atomic E-state index is -0.608. The molecule has 2 amide bonds. The Morgan fingerprint density at radius 2 is 2.05 bits per heavy atom. The Morgan fingerprint density at radius 3 is 2.67 bits per heavy atom. The lowest BCUT2D eigenvalue weighted by molar-refractivity contribution is -0.115. The van der Waals surface area contributed by atoms with Gasteiger partial charge in [0.2, 0.25) is 5.91 Å². The minimum Gasteiger partial charge on any atom is -0.450 e. The van der Waals surface area contributed by atoms with E-state index in [4.69, 9.17) is 0 Å². The molecule has 0 radical (unpaired) electrons. The van der Waals surface area contributed by atoms with E-state index in [1.807, 2.05) is 22.9 Å². The van der Waals surface area contributed by atoms with E-state index in [0.717, 1.165) is 5.69 Å². The Morgan fingerprint density at radius 1 is 1.29 bits per heavy atom. The fraction of sp³-hybridized carbons (Fsp3) is 0.214. The molecule has 0 aliphatic heterocycles. The van der Waals surface area contributed by atoms with Crippen LogP contribution in [-0.2, 0) is 9.53 Å². The number of carbonyl (C=O) groups excluding carboxylic acids is 2. The molecule has 0 fully saturated rings. The van der Waals surface area contributed by atoms with Gasteiger partial charge in [0.15, 0.2) is 0 Å². The van der Waals surface area contributed by atoms with Crippen LogP contribution in [-0.4, -0.2) is 34.7 Å². The molecule has 0 atom stereocenters. The second-order valence-corrected chi connectivity index (χ2v) is 4.14. The van der Waals surface area contributed by atoms with E-state index in [-0.39, 0.29) is 19.1 Å². The predicted molar refractivity (Wildman–Crippen MR) is 77.2 cm³/mol. The maximum Gasteiger partial charge on any atom is 0.407 e. The van der Waals surface area contributed by atoms with Crippen LogP contribution in [0.3, 0.4) is 0 Å². The van der Waals surface area contributed by atoms with Crippen molar-refractivity contribution in [3.8, 4) is 5.69 Å². The highest BCUT2D eigenvalue weighted by molar-refractivity contribution is 5.93. The third-order valence-electron chi connectivity index (χ3n) is 2.62. The Labute approximate surface area is 121 Å². The summed E-state index contributed by atoms with van der Waals surface area (Å²) in [4.78, 5) is 26.7. The van der Waals surface area contributed by atoms with Gasteiger partial charge in [0.25, 0.3) is 0 Å². The summed E-state index contributed by atoms with van der Waals surface area (Å²) >= 11 is 0. The maximum absolute atomic E-state index is 11.6. The summed E-state index contributed by atoms with van der Waals surface area (Å²) in [5, 5.41) is 5.03. The summed E-state index contributed by atoms with van der Waals surface area (Å²) in [5.41, 5.74) is 1.59. The number of benzene rings is 1. The Balaban J connectivity index is 1.85. The SMILES string of the molecule is CCOC(=O)NCC(=O)Nc1ccc(-n2ccnc2)cc1. The Bertz CT molecular complexity index is 593. The number of amides is 2. The van der Waals surface area contributed by atoms with Crippen LogP contribution in [0, 0.1) is 0 Å². The Hall–Kier alpha value is -2.83. The molecule has 1 heterocycles. The van der Waals surface area contributed by atoms with Crippen LogP contribution in [0.1, 0.15) is 6.92 Å². The summed E-state index contributed by atoms with van der Waals surface area (Å²) in [7, 11) is 0. The molecular weight excluding hydrogens is 272 g/mol. The number of hydrogen-bond acceptors (Lipinski definition) is 4. The number of hydrogen-bond donors (Lipinski definition) is 2. The van der Waals surface area contributed by atoms with Crippen LogP contribution in [0.2, 0.25) is 0 Å². The van der Waals surface area contributed by atoms with Crippen LogP contribution in [0.25, 0.3) is 5.69 Å². The van der Waals surface area contributed by atoms with E-state index >= 15 is 0 Å². The van der Waals surface area contributed by atoms with E-state index < -0.39 is 6.09 Å². The molecular formula is C14H16N4O3. The minimum absolute atomic E-state index is 0.137. The maximum atomic E-state index is 11.6. The van der Waals surface area contributed by atoms with Gasteiger partial charge in [-0.15, -0.1) is 0 Å². The average Bonchev–Trinajstić information content (AvgIpc) is 3.00. The van der Waals surface area contributed by atoms with Crippen molar-refractivity contribution in [1.29, 1.82) is 0 Å². The first kappa shape index (κ1) is 14.6. The largest absolute Gasteiger partial charge is 0.450 e. The molecule has 0 aliphatic rings. The zero-order chi connectivity index (χ0) is 15.1. The molecule has 2 rings (SSSR count). The van der Waals surface area contributed by atoms with Crippen molar-refractivity contribution >= 4 is 17.7 Å². The molecule has 2 N–H and O–H groups in total. The molecule has 2 aromatic rings. The molecule has 7 heteroatoms. The molecule has 1 aromatic carbocycles. The van der Waals surface area contributed by atoms with E-state index in [2.05, 4.69) is 20.4 Å². The molecule has 1 aromatic heterocycles. The molecule has 0 aliphatic carbocycles. The number of aromatic nitrogens is 2. The van der Waals surface area contributed by atoms with Crippen LogP contribution in [0.5, 0.6) is 0 Å². The van der Waals surface area contributed by atoms with Gasteiger partial charge in [-0.1, -0.05) is 0 Å². The highest BCUT2D eigenvalue weighted by Gasteiger charge is 2.06. The number of rotatable bonds is 5. The summed E-state index contributed by atoms with van der Waals surface area (Å²) < 4.78 is 6.52. The molecule has 0 unspecified atom stereocenters. The lowest BCUT2D eigenvalue weighted by atomic mass is 10.2. The molecule has 0 spiro atoms. The normalized spacial score (nSPS) is 9.95. The quantitative estimate of drug-likeness (QED) is 0.874. The summed E-state index contributed by atoms with van der Waals surface area (Å²) in [6, 6.07) is 7.27. The average molecular weight is 288 g/mol. The lowest BCUT2D eigenvalue weighted by Gasteiger charge is -2.08. The fourth-order valence-electron chi connectivity index (χ4n) is 1.67. The van der Waals surface area contributed by atoms with E-state index in [0.29, 0.717) is 5.69 Å². The highest BCUT2D eigenvalue weighted by Crippen LogP contribution is 2.12. The molecule has 7 nitrogen and oxygen atoms in total. The van der Waals surface area contributed by atoms with Crippen LogP contribution >= 0.6 is 0 Å². The van der Waals surface area contributed by atoms with Gasteiger partial charge in [-0.25, -0.2) is 9.78 Å². The summed E-state index contributed by atoms with van der Waals surface area (Å²) in [6.45, 7) is 1.83. The predicted octanol–water partition coefficient (Wildman–Crippen LogP) is 1.56. The van der Waals surface area contributed by atoms with Gasteiger partial charge in [0.1, 0.15) is 6.54 Å². The van der Waals surface area contributed by atoms with Crippen molar-refractivity contribution in [3.05, 3.63) is 43.0 Å². The van der Waals surface area contributed by atoms with E-state index in [1.54, 1.807) is 31.6 Å². The van der Waals surface area contributed by atoms with E-state index in [1.165, 1.54) is 0 Å². The van der Waals surface area contributed by atoms with Gasteiger partial charge in [0, 0.05) is 23.8 Å². The van der Waals surface area contributed by atoms with Crippen molar-refractivity contribution in [2.45, 2.75) is 6.92 Å². The van der Waals surface area contributed by atoms with Crippen LogP contribution < -0.4 is 10.6 Å². The third kappa shape index (κ3) is 4.34. The highest BCUT2D eigenvalue weighted by atomic mass is 16.5. The first-order valence-corrected chi connectivity index (χ1v) is 6.48. The van der Waals surface area contributed by atoms with E-state index in [9.17, 15) is 9.59 Å². The fourth-order valence-corrected chi connectivity index (χ4v) is 1.67. The second-order valence-electron chi connectivity index (χ2n) is 4.14. The van der Waals surface area contributed by atoms with Gasteiger partial charge in [0.05, 0.1) is 12.9 Å². The van der Waals surface area contributed by atoms with Gasteiger partial charge >= 0.3 is 6.09 Å². The third-order valence-corrected chi connectivity index (χ3v) is 2.62. The molecule has 0 bridgehead atoms. The van der Waals surface area contributed by atoms with Crippen molar-refractivity contribution in [2.24, 2.45) is 0 Å². The van der Waals surface area contributed by atoms with Crippen molar-refractivity contribution in [2.75, 3.05) is 18.5 Å². The number of carbonyl (C=O) groups is 2. The van der Waals surface area contributed by atoms with Crippen molar-refractivity contribution in [1.82, 2.24) is 14.9 Å². The smallest absolute Gasteiger partial charge is 0.407 e. The monoisotopic (exact) mass is 288 g/mol. The first-order valence-electron chi connectivity index (χ1n) is 6.48. The van der Waals surface area contributed by atoms with Crippen molar-refractivity contribution in [3.63, 3.8) is 0 Å². The number of anilines is 1. The van der Waals surface area contributed by atoms with Crippen LogP contribution in [0.15, 0.2) is 43.0 Å². The topological polar surface area (TPSA) is 85.2 Å². The van der Waals surface area contributed by atoms with Crippen molar-refractivity contribution < 1.29 is 14.3 Å². The van der Waals surface area contributed by atoms with Gasteiger partial charge in [-0.05, 0) is 31.2 Å². The zero-order valence-corrected chi connectivity index (χ0v) is 11.6. The standard InChI is InChI=1S/C14H16N4O3/c1-2-21-14(20)16-9-13(19)17-11-3-5-12(6-4-11)18-8-7-15-10-18/h3-8,10H,2,9H2,1H3,(H,16,20)(H,17,19). The van der Waals surface area contributed by atoms with Gasteiger partial charge in [-0.3, -0.25) is 4.79 Å². The number of alkyl carbamates (subject to hydrolysis) is 1. The zero-order valence-electron chi connectivity index (χ0n) is 11.6. The molecule has 0 saturated carbocycles. The second kappa shape index (κ2) is 7.09. The summed E-state index contributed by atoms with van der Waals surface area (Å²) in [5.74, 6) is -0.321. The van der Waals surface area contributed by atoms with Gasteiger partial charge < -0.3 is 19.9 Å². The molecule has 110 valence electrons. The van der Waals surface area contributed by atoms with Gasteiger partial charge in [-0.2, -0.15) is 0 Å². The molecule has 21 heavy (non-hydrogen) atoms. The Kier molecular flexibility index (Phi) is 4.92. The number of ether oxygens (including phenoxy) is 1. The lowest BCUT2D eigenvalue weighted by Crippen LogP contribution is -2.33. The first-order chi connectivity index (χ1) is 10.2. The molecule has 0 saturated heterocycles. The van der Waals surface area contributed by atoms with Crippen LogP contribution in [0.4, 0.5) is 10.5 Å². The number of nitrogens with one attached hydrogen (secondary N) is 2. The summed E-state index contributed by atoms with van der Waals surface area (Å²) in [6.07, 6.45) is 4.60. The number of imidazole rings is 1.